The highest BCUT2D eigenvalue weighted by Gasteiger charge is 2.15. The smallest absolute Gasteiger partial charge is 0.146 e. The van der Waals surface area contributed by atoms with Gasteiger partial charge in [-0.05, 0) is 24.3 Å². The molecule has 0 spiro atoms. The van der Waals surface area contributed by atoms with E-state index in [-0.39, 0.29) is 0 Å². The summed E-state index contributed by atoms with van der Waals surface area (Å²) in [5, 5.41) is 9.58. The maximum atomic E-state index is 5.64. The topological polar surface area (TPSA) is 52.6 Å². The molecule has 0 unspecified atom stereocenters. The number of para-hydroxylation sites is 2. The van der Waals surface area contributed by atoms with E-state index in [0.29, 0.717) is 0 Å². The zero-order valence-corrected chi connectivity index (χ0v) is 18.3. The molecule has 30 heavy (non-hydrogen) atoms. The Labute approximate surface area is 179 Å². The molecule has 0 atom stereocenters. The second kappa shape index (κ2) is 10.0. The second-order valence-electron chi connectivity index (χ2n) is 7.04. The number of anilines is 4. The first-order chi connectivity index (χ1) is 14.5. The summed E-state index contributed by atoms with van der Waals surface area (Å²) in [4.78, 5) is 4.30. The van der Waals surface area contributed by atoms with Gasteiger partial charge >= 0.3 is 0 Å². The highest BCUT2D eigenvalue weighted by molar-refractivity contribution is 5.87. The summed E-state index contributed by atoms with van der Waals surface area (Å²) in [6.45, 7) is 7.43. The summed E-state index contributed by atoms with van der Waals surface area (Å²) >= 11 is 0. The van der Waals surface area contributed by atoms with Crippen molar-refractivity contribution < 1.29 is 9.47 Å². The molecule has 1 aliphatic heterocycles. The van der Waals surface area contributed by atoms with Crippen LogP contribution in [0.25, 0.3) is 0 Å². The van der Waals surface area contributed by atoms with Crippen LogP contribution >= 0.6 is 0 Å². The number of allylic oxidation sites excluding steroid dienone is 1. The molecule has 0 radical (unpaired) electrons. The molecule has 1 saturated heterocycles. The van der Waals surface area contributed by atoms with Gasteiger partial charge in [0.2, 0.25) is 0 Å². The predicted molar refractivity (Wildman–Crippen MR) is 126 cm³/mol. The van der Waals surface area contributed by atoms with Gasteiger partial charge in [-0.2, -0.15) is 5.10 Å². The molecule has 160 valence electrons. The van der Waals surface area contributed by atoms with Crippen molar-refractivity contribution in [1.82, 2.24) is 0 Å². The van der Waals surface area contributed by atoms with Gasteiger partial charge in [0.1, 0.15) is 11.4 Å². The Morgan fingerprint density at radius 2 is 1.90 bits per heavy atom. The zero-order chi connectivity index (χ0) is 21.5. The lowest BCUT2D eigenvalue weighted by atomic mass is 10.2. The number of rotatable bonds is 8. The van der Waals surface area contributed by atoms with Gasteiger partial charge in [-0.15, -0.1) is 0 Å². The predicted octanol–water partition coefficient (Wildman–Crippen LogP) is 3.65. The Balaban J connectivity index is 1.73. The largest absolute Gasteiger partial charge is 0.494 e. The van der Waals surface area contributed by atoms with Crippen LogP contribution in [-0.4, -0.2) is 60.8 Å². The number of nitrogens with zero attached hydrogens (tertiary/aromatic N) is 4. The molecule has 0 aliphatic carbocycles. The lowest BCUT2D eigenvalue weighted by Crippen LogP contribution is -2.36. The summed E-state index contributed by atoms with van der Waals surface area (Å²) in [7, 11) is 7.46. The minimum absolute atomic E-state index is 0.751. The van der Waals surface area contributed by atoms with Crippen molar-refractivity contribution in [2.45, 2.75) is 0 Å². The monoisotopic (exact) mass is 409 g/mol. The molecule has 7 heteroatoms. The van der Waals surface area contributed by atoms with Crippen LogP contribution in [0.3, 0.4) is 0 Å². The number of hydrogen-bond acceptors (Lipinski definition) is 7. The lowest BCUT2D eigenvalue weighted by molar-refractivity contribution is 0.122. The van der Waals surface area contributed by atoms with Gasteiger partial charge in [0.25, 0.3) is 0 Å². The summed E-state index contributed by atoms with van der Waals surface area (Å²) < 4.78 is 11.1. The quantitative estimate of drug-likeness (QED) is 0.531. The van der Waals surface area contributed by atoms with Crippen molar-refractivity contribution in [3.63, 3.8) is 0 Å². The summed E-state index contributed by atoms with van der Waals surface area (Å²) in [6.07, 6.45) is 1.75. The summed E-state index contributed by atoms with van der Waals surface area (Å²) in [5.41, 5.74) is 4.85. The number of hydrazone groups is 1. The van der Waals surface area contributed by atoms with Crippen LogP contribution < -0.4 is 24.9 Å². The summed E-state index contributed by atoms with van der Waals surface area (Å²) in [6, 6.07) is 14.3. The van der Waals surface area contributed by atoms with Crippen LogP contribution in [0.5, 0.6) is 5.75 Å². The number of hydrogen-bond donors (Lipinski definition) is 1. The number of ether oxygens (including phenoxy) is 2. The van der Waals surface area contributed by atoms with E-state index in [1.807, 2.05) is 56.4 Å². The number of morpholine rings is 1. The second-order valence-corrected chi connectivity index (χ2v) is 7.04. The van der Waals surface area contributed by atoms with Crippen molar-refractivity contribution in [3.8, 4) is 5.75 Å². The molecule has 3 rings (SSSR count). The third kappa shape index (κ3) is 4.86. The van der Waals surface area contributed by atoms with E-state index in [0.717, 1.165) is 60.5 Å². The van der Waals surface area contributed by atoms with Gasteiger partial charge in [0, 0.05) is 46.0 Å². The Hall–Kier alpha value is -3.19. The molecular formula is C23H31N5O2. The normalized spacial score (nSPS) is 13.9. The van der Waals surface area contributed by atoms with Crippen molar-refractivity contribution in [2.24, 2.45) is 5.10 Å². The van der Waals surface area contributed by atoms with Crippen LogP contribution in [0.4, 0.5) is 22.7 Å². The van der Waals surface area contributed by atoms with E-state index in [4.69, 9.17) is 9.47 Å². The molecule has 0 saturated carbocycles. The van der Waals surface area contributed by atoms with Crippen molar-refractivity contribution >= 4 is 29.0 Å². The van der Waals surface area contributed by atoms with E-state index >= 15 is 0 Å². The molecule has 0 aromatic heterocycles. The van der Waals surface area contributed by atoms with Crippen LogP contribution in [-0.2, 0) is 4.74 Å². The van der Waals surface area contributed by atoms with Gasteiger partial charge in [0.05, 0.1) is 43.6 Å². The molecule has 0 amide bonds. The molecule has 1 aliphatic rings. The SMILES string of the molecule is C=C(/C=N/N(C)c1ccc(N2CCOCC2)cc1OC)N(C)c1ccccc1NC. The van der Waals surface area contributed by atoms with Gasteiger partial charge < -0.3 is 24.6 Å². The molecular weight excluding hydrogens is 378 g/mol. The molecule has 2 aromatic carbocycles. The third-order valence-corrected chi connectivity index (χ3v) is 5.23. The van der Waals surface area contributed by atoms with E-state index in [9.17, 15) is 0 Å². The Morgan fingerprint density at radius 3 is 2.60 bits per heavy atom. The minimum atomic E-state index is 0.751. The molecule has 1 fully saturated rings. The molecule has 1 heterocycles. The fourth-order valence-corrected chi connectivity index (χ4v) is 3.39. The first kappa shape index (κ1) is 21.5. The van der Waals surface area contributed by atoms with Crippen LogP contribution in [0.15, 0.2) is 59.8 Å². The maximum absolute atomic E-state index is 5.64. The fraction of sp³-hybridized carbons (Fsp3) is 0.348. The first-order valence-corrected chi connectivity index (χ1v) is 10.0. The van der Waals surface area contributed by atoms with Gasteiger partial charge in [0.15, 0.2) is 0 Å². The van der Waals surface area contributed by atoms with Gasteiger partial charge in [-0.3, -0.25) is 5.01 Å². The third-order valence-electron chi connectivity index (χ3n) is 5.23. The van der Waals surface area contributed by atoms with Crippen LogP contribution in [0.2, 0.25) is 0 Å². The standard InChI is InChI=1S/C23H31N5O2/c1-18(26(3)21-9-7-6-8-20(21)24-2)17-25-27(4)22-11-10-19(16-23(22)29-5)28-12-14-30-15-13-28/h6-11,16-17,24H,1,12-15H2,2-5H3/b25-17+. The van der Waals surface area contributed by atoms with Crippen molar-refractivity contribution in [3.05, 3.63) is 54.7 Å². The maximum Gasteiger partial charge on any atom is 0.146 e. The van der Waals surface area contributed by atoms with Crippen molar-refractivity contribution in [1.29, 1.82) is 0 Å². The van der Waals surface area contributed by atoms with Crippen LogP contribution in [0, 0.1) is 0 Å². The Morgan fingerprint density at radius 1 is 1.17 bits per heavy atom. The Kier molecular flexibility index (Phi) is 7.19. The van der Waals surface area contributed by atoms with E-state index < -0.39 is 0 Å². The molecule has 2 aromatic rings. The number of nitrogens with one attached hydrogen (secondary N) is 1. The molecule has 0 bridgehead atoms. The number of methoxy groups -OCH3 is 1. The molecule has 1 N–H and O–H groups in total. The summed E-state index contributed by atoms with van der Waals surface area (Å²) in [5.74, 6) is 0.776. The number of benzene rings is 2. The average molecular weight is 410 g/mol. The first-order valence-electron chi connectivity index (χ1n) is 10.0. The molecule has 7 nitrogen and oxygen atoms in total. The lowest BCUT2D eigenvalue weighted by Gasteiger charge is -2.29. The highest BCUT2D eigenvalue weighted by Crippen LogP contribution is 2.33. The average Bonchev–Trinajstić information content (AvgIpc) is 2.81. The van der Waals surface area contributed by atoms with E-state index in [2.05, 4.69) is 34.0 Å². The van der Waals surface area contributed by atoms with Crippen LogP contribution in [0.1, 0.15) is 0 Å². The fourth-order valence-electron chi connectivity index (χ4n) is 3.39. The van der Waals surface area contributed by atoms with Gasteiger partial charge in [-0.1, -0.05) is 18.7 Å². The Bertz CT molecular complexity index is 893. The van der Waals surface area contributed by atoms with E-state index in [1.165, 1.54) is 0 Å². The van der Waals surface area contributed by atoms with Gasteiger partial charge in [-0.25, -0.2) is 0 Å². The highest BCUT2D eigenvalue weighted by atomic mass is 16.5. The van der Waals surface area contributed by atoms with E-state index in [1.54, 1.807) is 18.3 Å². The van der Waals surface area contributed by atoms with Crippen molar-refractivity contribution in [2.75, 3.05) is 74.7 Å². The minimum Gasteiger partial charge on any atom is -0.494 e. The zero-order valence-electron chi connectivity index (χ0n) is 18.3.